The predicted octanol–water partition coefficient (Wildman–Crippen LogP) is -1.67. The highest BCUT2D eigenvalue weighted by molar-refractivity contribution is 7.54. The first-order chi connectivity index (χ1) is 7.82. The number of hydrogen-bond donors (Lipinski definition) is 6. The van der Waals surface area contributed by atoms with Gasteiger partial charge >= 0.3 is 25.1 Å². The van der Waals surface area contributed by atoms with E-state index in [1.54, 1.807) is 0 Å². The van der Waals surface area contributed by atoms with Crippen LogP contribution in [0.1, 0.15) is 19.8 Å². The summed E-state index contributed by atoms with van der Waals surface area (Å²) < 4.78 is 10.1. The predicted molar refractivity (Wildman–Crippen MR) is 54.4 cm³/mol. The Labute approximate surface area is 101 Å². The number of ketones is 1. The van der Waals surface area contributed by atoms with Gasteiger partial charge in [0.2, 0.25) is 5.78 Å². The lowest BCUT2D eigenvalue weighted by Crippen LogP contribution is -2.35. The average molecular weight is 288 g/mol. The maximum atomic E-state index is 10.1. The molecule has 0 saturated carbocycles. The van der Waals surface area contributed by atoms with E-state index in [-0.39, 0.29) is 12.8 Å². The van der Waals surface area contributed by atoms with Crippen LogP contribution in [0.5, 0.6) is 0 Å². The second-order valence-corrected chi connectivity index (χ2v) is 4.73. The summed E-state index contributed by atoms with van der Waals surface area (Å²) in [6.07, 6.45) is -0.593. The molecule has 0 unspecified atom stereocenters. The molecule has 0 amide bonds. The first-order valence-corrected chi connectivity index (χ1v) is 5.88. The third-order valence-electron chi connectivity index (χ3n) is 1.43. The van der Waals surface area contributed by atoms with E-state index in [1.165, 1.54) is 0 Å². The molecule has 6 N–H and O–H groups in total. The van der Waals surface area contributed by atoms with Crippen LogP contribution in [0.4, 0.5) is 0 Å². The fourth-order valence-corrected chi connectivity index (χ4v) is 0.829. The molecule has 0 heterocycles. The lowest BCUT2D eigenvalue weighted by atomic mass is 10.3. The number of rotatable bonds is 5. The minimum atomic E-state index is -5.16. The number of carboxylic acid groups (broad SMARTS) is 2. The molecule has 0 rings (SSSR count). The summed E-state index contributed by atoms with van der Waals surface area (Å²) in [7, 11) is -5.16. The van der Waals surface area contributed by atoms with Gasteiger partial charge in [-0.15, -0.1) is 0 Å². The number of carboxylic acids is 2. The van der Waals surface area contributed by atoms with E-state index < -0.39 is 30.8 Å². The third-order valence-corrected chi connectivity index (χ3v) is 2.56. The largest absolute Gasteiger partial charge is 0.481 e. The molecule has 0 atom stereocenters. The summed E-state index contributed by atoms with van der Waals surface area (Å²) >= 11 is 0. The van der Waals surface area contributed by atoms with Gasteiger partial charge in [-0.05, 0) is 0 Å². The van der Waals surface area contributed by atoms with Crippen molar-refractivity contribution in [2.45, 2.75) is 25.3 Å². The van der Waals surface area contributed by atoms with E-state index in [1.807, 2.05) is 0 Å². The quantitative estimate of drug-likeness (QED) is 0.252. The van der Waals surface area contributed by atoms with Crippen molar-refractivity contribution < 1.29 is 49.2 Å². The third kappa shape index (κ3) is 7.87. The van der Waals surface area contributed by atoms with Gasteiger partial charge in [0.1, 0.15) is 0 Å². The number of hydrogen-bond acceptors (Lipinski definition) is 6. The highest BCUT2D eigenvalue weighted by atomic mass is 31.2. The van der Waals surface area contributed by atoms with Crippen LogP contribution < -0.4 is 0 Å². The van der Waals surface area contributed by atoms with Crippen molar-refractivity contribution in [1.82, 2.24) is 0 Å². The molecule has 10 nitrogen and oxygen atoms in total. The molecule has 0 aromatic carbocycles. The Morgan fingerprint density at radius 3 is 1.33 bits per heavy atom. The van der Waals surface area contributed by atoms with Crippen molar-refractivity contribution in [3.05, 3.63) is 0 Å². The Morgan fingerprint density at radius 1 is 1.00 bits per heavy atom. The molecule has 0 aliphatic carbocycles. The first-order valence-electron chi connectivity index (χ1n) is 4.27. The normalized spacial score (nSPS) is 11.2. The topological polar surface area (TPSA) is 190 Å². The van der Waals surface area contributed by atoms with Gasteiger partial charge in [0.05, 0.1) is 12.8 Å². The van der Waals surface area contributed by atoms with E-state index in [0.717, 1.165) is 0 Å². The lowest BCUT2D eigenvalue weighted by molar-refractivity contribution is -0.157. The molecule has 0 aliphatic rings. The van der Waals surface area contributed by atoms with Crippen LogP contribution in [-0.4, -0.2) is 53.5 Å². The molecule has 18 heavy (non-hydrogen) atoms. The summed E-state index contributed by atoms with van der Waals surface area (Å²) in [5.41, 5.74) is -3.53. The summed E-state index contributed by atoms with van der Waals surface area (Å²) in [5, 5.41) is 32.5. The summed E-state index contributed by atoms with van der Waals surface area (Å²) in [6, 6.07) is 0. The van der Waals surface area contributed by atoms with Crippen LogP contribution in [-0.2, 0) is 18.9 Å². The van der Waals surface area contributed by atoms with Gasteiger partial charge in [0.15, 0.2) is 0 Å². The maximum absolute atomic E-state index is 10.1. The average Bonchev–Trinajstić information content (AvgIpc) is 2.13. The monoisotopic (exact) mass is 288 g/mol. The van der Waals surface area contributed by atoms with E-state index in [0.29, 0.717) is 6.92 Å². The van der Waals surface area contributed by atoms with Crippen molar-refractivity contribution >= 4 is 25.3 Å². The number of carbonyl (C=O) groups is 3. The number of Topliss-reactive ketones (excluding diaryl/α,β-unsaturated/α-hetero) is 1. The molecule has 0 fully saturated rings. The Balaban J connectivity index is 0. The van der Waals surface area contributed by atoms with Crippen molar-refractivity contribution in [3.8, 4) is 0 Å². The maximum Gasteiger partial charge on any atom is 0.392 e. The van der Waals surface area contributed by atoms with Gasteiger partial charge in [0.25, 0.3) is 0 Å². The standard InChI is InChI=1S/C4H6O4.C3H7O6P/c5-3(6)1-2-4(7)8;1-2(4)3(5,6)10(7,8)9/h1-2H2,(H,5,6)(H,7,8);5-6H,1H3,(H2,7,8,9). The van der Waals surface area contributed by atoms with Gasteiger partial charge in [-0.2, -0.15) is 0 Å². The second kappa shape index (κ2) is 7.19. The van der Waals surface area contributed by atoms with Gasteiger partial charge in [-0.1, -0.05) is 0 Å². The van der Waals surface area contributed by atoms with Crippen LogP contribution in [0.25, 0.3) is 0 Å². The van der Waals surface area contributed by atoms with Crippen LogP contribution in [0.15, 0.2) is 0 Å². The molecule has 106 valence electrons. The molecule has 0 aromatic heterocycles. The number of carbonyl (C=O) groups excluding carboxylic acids is 1. The molecule has 0 aromatic rings. The van der Waals surface area contributed by atoms with Gasteiger partial charge in [-0.3, -0.25) is 18.9 Å². The smallest absolute Gasteiger partial charge is 0.392 e. The van der Waals surface area contributed by atoms with E-state index >= 15 is 0 Å². The summed E-state index contributed by atoms with van der Waals surface area (Å²) in [4.78, 5) is 45.6. The molecule has 0 spiro atoms. The Hall–Kier alpha value is -1.32. The zero-order valence-electron chi connectivity index (χ0n) is 9.18. The lowest BCUT2D eigenvalue weighted by Gasteiger charge is -2.18. The highest BCUT2D eigenvalue weighted by Gasteiger charge is 2.48. The molecule has 0 saturated heterocycles. The molecule has 0 radical (unpaired) electrons. The van der Waals surface area contributed by atoms with Crippen LogP contribution in [0, 0.1) is 0 Å². The fraction of sp³-hybridized carbons (Fsp3) is 0.571. The zero-order valence-corrected chi connectivity index (χ0v) is 10.1. The number of aliphatic hydroxyl groups is 2. The van der Waals surface area contributed by atoms with Crippen LogP contribution in [0.3, 0.4) is 0 Å². The fourth-order valence-electron chi connectivity index (χ4n) is 0.419. The van der Waals surface area contributed by atoms with E-state index in [2.05, 4.69) is 0 Å². The van der Waals surface area contributed by atoms with Crippen LogP contribution >= 0.6 is 7.60 Å². The molecule has 11 heteroatoms. The number of aliphatic carboxylic acids is 2. The van der Waals surface area contributed by atoms with Crippen molar-refractivity contribution in [3.63, 3.8) is 0 Å². The Bertz CT molecular complexity index is 352. The Morgan fingerprint density at radius 2 is 1.28 bits per heavy atom. The van der Waals surface area contributed by atoms with Crippen LogP contribution in [0.2, 0.25) is 0 Å². The van der Waals surface area contributed by atoms with E-state index in [4.69, 9.17) is 30.2 Å². The van der Waals surface area contributed by atoms with Gasteiger partial charge < -0.3 is 30.2 Å². The Kier molecular flexibility index (Phi) is 7.60. The minimum Gasteiger partial charge on any atom is -0.481 e. The van der Waals surface area contributed by atoms with Gasteiger partial charge in [-0.25, -0.2) is 0 Å². The molecule has 0 bridgehead atoms. The molecular formula is C7H13O10P. The first kappa shape index (κ1) is 19.0. The SMILES string of the molecule is CC(=O)C(O)(O)P(=O)(O)O.O=C(O)CCC(=O)O. The van der Waals surface area contributed by atoms with Crippen molar-refractivity contribution in [2.75, 3.05) is 0 Å². The zero-order chi connectivity index (χ0) is 15.1. The molecular weight excluding hydrogens is 275 g/mol. The molecule has 0 aliphatic heterocycles. The van der Waals surface area contributed by atoms with Crippen molar-refractivity contribution in [2.24, 2.45) is 0 Å². The summed E-state index contributed by atoms with van der Waals surface area (Å²) in [6.45, 7) is 0.666. The minimum absolute atomic E-state index is 0.296. The van der Waals surface area contributed by atoms with E-state index in [9.17, 15) is 18.9 Å². The second-order valence-electron chi connectivity index (χ2n) is 3.02. The van der Waals surface area contributed by atoms with Crippen molar-refractivity contribution in [1.29, 1.82) is 0 Å². The van der Waals surface area contributed by atoms with Gasteiger partial charge in [0, 0.05) is 6.92 Å². The highest BCUT2D eigenvalue weighted by Crippen LogP contribution is 2.47. The summed E-state index contributed by atoms with van der Waals surface area (Å²) in [5.74, 6) is -3.54.